The van der Waals surface area contributed by atoms with E-state index in [-0.39, 0.29) is 5.43 Å². The molecule has 0 aliphatic rings. The Morgan fingerprint density at radius 2 is 1.50 bits per heavy atom. The van der Waals surface area contributed by atoms with Crippen molar-refractivity contribution < 1.29 is 0 Å². The molecule has 0 atom stereocenters. The van der Waals surface area contributed by atoms with Crippen LogP contribution in [0.3, 0.4) is 0 Å². The van der Waals surface area contributed by atoms with Gasteiger partial charge in [-0.25, -0.2) is 0 Å². The quantitative estimate of drug-likeness (QED) is 0.148. The Morgan fingerprint density at radius 1 is 0.769 bits per heavy atom. The van der Waals surface area contributed by atoms with Crippen LogP contribution in [0.25, 0.3) is 41.7 Å². The van der Waals surface area contributed by atoms with E-state index >= 15 is 0 Å². The molecular formula is C23H15IOS. The molecule has 4 aromatic carbocycles. The molecule has 0 aliphatic carbocycles. The van der Waals surface area contributed by atoms with E-state index in [1.54, 1.807) is 11.3 Å². The molecule has 1 heterocycles. The lowest BCUT2D eigenvalue weighted by molar-refractivity contribution is 1.49. The Balaban J connectivity index is 1.90. The smallest absolute Gasteiger partial charge is 0.195 e. The van der Waals surface area contributed by atoms with Crippen molar-refractivity contribution in [3.8, 4) is 0 Å². The summed E-state index contributed by atoms with van der Waals surface area (Å²) in [5.74, 6) is 0. The summed E-state index contributed by atoms with van der Waals surface area (Å²) >= 11 is 4.09. The number of hydrogen-bond donors (Lipinski definition) is 0. The van der Waals surface area contributed by atoms with Crippen LogP contribution < -0.4 is 5.43 Å². The van der Waals surface area contributed by atoms with Gasteiger partial charge >= 0.3 is 0 Å². The molecule has 0 bridgehead atoms. The van der Waals surface area contributed by atoms with Crippen LogP contribution in [0.5, 0.6) is 0 Å². The Hall–Kier alpha value is -1.98. The van der Waals surface area contributed by atoms with Gasteiger partial charge in [0.05, 0.1) is 0 Å². The fraction of sp³-hybridized carbons (Fsp3) is 0.0870. The van der Waals surface area contributed by atoms with Gasteiger partial charge in [-0.2, -0.15) is 0 Å². The summed E-state index contributed by atoms with van der Waals surface area (Å²) < 4.78 is 3.11. The highest BCUT2D eigenvalue weighted by Crippen LogP contribution is 2.31. The Kier molecular flexibility index (Phi) is 3.76. The summed E-state index contributed by atoms with van der Waals surface area (Å²) in [6, 6.07) is 21.5. The molecule has 5 rings (SSSR count). The van der Waals surface area contributed by atoms with Crippen LogP contribution in [0.1, 0.15) is 11.1 Å². The van der Waals surface area contributed by atoms with E-state index in [4.69, 9.17) is 0 Å². The molecule has 0 saturated heterocycles. The number of fused-ring (bicyclic) bond motifs is 4. The molecule has 0 N–H and O–H groups in total. The van der Waals surface area contributed by atoms with E-state index in [1.807, 2.05) is 13.0 Å². The second-order valence-electron chi connectivity index (χ2n) is 6.79. The number of benzene rings is 4. The molecule has 1 aromatic heterocycles. The molecule has 0 saturated carbocycles. The normalized spacial score (nSPS) is 11.8. The highest BCUT2D eigenvalue weighted by atomic mass is 127. The van der Waals surface area contributed by atoms with Crippen LogP contribution in [0.2, 0.25) is 0 Å². The Morgan fingerprint density at radius 3 is 2.35 bits per heavy atom. The van der Waals surface area contributed by atoms with E-state index in [0.717, 1.165) is 35.5 Å². The summed E-state index contributed by atoms with van der Waals surface area (Å²) in [7, 11) is 0. The zero-order valence-electron chi connectivity index (χ0n) is 14.2. The average molecular weight is 466 g/mol. The lowest BCUT2D eigenvalue weighted by Gasteiger charge is -2.07. The van der Waals surface area contributed by atoms with Crippen LogP contribution in [0.4, 0.5) is 0 Å². The molecule has 0 aliphatic heterocycles. The third-order valence-corrected chi connectivity index (χ3v) is 6.97. The minimum absolute atomic E-state index is 0.139. The fourth-order valence-corrected chi connectivity index (χ4v) is 5.15. The summed E-state index contributed by atoms with van der Waals surface area (Å²) in [5.41, 5.74) is 2.59. The molecule has 26 heavy (non-hydrogen) atoms. The minimum Gasteiger partial charge on any atom is -0.289 e. The highest BCUT2D eigenvalue weighted by molar-refractivity contribution is 14.1. The molecule has 126 valence electrons. The van der Waals surface area contributed by atoms with Crippen LogP contribution in [-0.2, 0) is 4.43 Å². The van der Waals surface area contributed by atoms with Gasteiger partial charge in [0.1, 0.15) is 0 Å². The molecule has 0 radical (unpaired) electrons. The largest absolute Gasteiger partial charge is 0.289 e. The van der Waals surface area contributed by atoms with Crippen molar-refractivity contribution in [2.75, 3.05) is 0 Å². The first-order valence-corrected chi connectivity index (χ1v) is 10.9. The van der Waals surface area contributed by atoms with Crippen LogP contribution in [0.15, 0.2) is 65.5 Å². The Bertz CT molecular complexity index is 1400. The van der Waals surface area contributed by atoms with Crippen LogP contribution >= 0.6 is 33.9 Å². The maximum Gasteiger partial charge on any atom is 0.195 e. The number of hydrogen-bond acceptors (Lipinski definition) is 2. The second kappa shape index (κ2) is 6.03. The summed E-state index contributed by atoms with van der Waals surface area (Å²) in [5, 5.41) is 6.45. The van der Waals surface area contributed by atoms with Gasteiger partial charge in [0.15, 0.2) is 5.43 Å². The van der Waals surface area contributed by atoms with E-state index < -0.39 is 0 Å². The van der Waals surface area contributed by atoms with E-state index in [9.17, 15) is 4.79 Å². The van der Waals surface area contributed by atoms with Crippen LogP contribution in [0, 0.1) is 6.92 Å². The third kappa shape index (κ3) is 2.53. The zero-order chi connectivity index (χ0) is 17.8. The molecule has 0 spiro atoms. The summed E-state index contributed by atoms with van der Waals surface area (Å²) in [4.78, 5) is 13.1. The molecule has 0 fully saturated rings. The monoisotopic (exact) mass is 466 g/mol. The number of alkyl halides is 1. The van der Waals surface area contributed by atoms with Gasteiger partial charge in [-0.3, -0.25) is 4.79 Å². The first-order valence-electron chi connectivity index (χ1n) is 8.52. The van der Waals surface area contributed by atoms with E-state index in [2.05, 4.69) is 77.2 Å². The van der Waals surface area contributed by atoms with Gasteiger partial charge in [-0.05, 0) is 70.4 Å². The number of halogens is 1. The first kappa shape index (κ1) is 16.2. The van der Waals surface area contributed by atoms with Gasteiger partial charge in [0, 0.05) is 24.6 Å². The maximum atomic E-state index is 13.1. The molecule has 0 amide bonds. The molecular weight excluding hydrogens is 451 g/mol. The van der Waals surface area contributed by atoms with Crippen LogP contribution in [-0.4, -0.2) is 0 Å². The van der Waals surface area contributed by atoms with Gasteiger partial charge < -0.3 is 0 Å². The van der Waals surface area contributed by atoms with Crippen molar-refractivity contribution in [1.29, 1.82) is 0 Å². The van der Waals surface area contributed by atoms with Crippen molar-refractivity contribution in [3.05, 3.63) is 82.0 Å². The molecule has 0 unspecified atom stereocenters. The summed E-state index contributed by atoms with van der Waals surface area (Å²) in [6.45, 7) is 2.03. The van der Waals surface area contributed by atoms with Crippen molar-refractivity contribution in [3.63, 3.8) is 0 Å². The second-order valence-corrected chi connectivity index (χ2v) is 8.64. The van der Waals surface area contributed by atoms with Gasteiger partial charge in [0.25, 0.3) is 0 Å². The predicted octanol–water partition coefficient (Wildman–Crippen LogP) is 6.96. The van der Waals surface area contributed by atoms with Crippen molar-refractivity contribution in [2.45, 2.75) is 11.4 Å². The van der Waals surface area contributed by atoms with E-state index in [0.29, 0.717) is 0 Å². The number of rotatable bonds is 1. The van der Waals surface area contributed by atoms with Gasteiger partial charge in [-0.15, -0.1) is 11.3 Å². The third-order valence-electron chi connectivity index (χ3n) is 4.96. The highest BCUT2D eigenvalue weighted by Gasteiger charge is 2.09. The SMILES string of the molecule is Cc1ccc2sc3cc4cc5ccc(CI)cc5cc4cc3c(=O)c2c1. The van der Waals surface area contributed by atoms with Crippen molar-refractivity contribution in [1.82, 2.24) is 0 Å². The first-order chi connectivity index (χ1) is 12.6. The van der Waals surface area contributed by atoms with Gasteiger partial charge in [0.2, 0.25) is 0 Å². The predicted molar refractivity (Wildman–Crippen MR) is 123 cm³/mol. The van der Waals surface area contributed by atoms with Crippen molar-refractivity contribution in [2.24, 2.45) is 0 Å². The number of aryl methyl sites for hydroxylation is 1. The minimum atomic E-state index is 0.139. The molecule has 1 nitrogen and oxygen atoms in total. The maximum absolute atomic E-state index is 13.1. The summed E-state index contributed by atoms with van der Waals surface area (Å²) in [6.07, 6.45) is 0. The molecule has 3 heteroatoms. The lowest BCUT2D eigenvalue weighted by atomic mass is 10.0. The topological polar surface area (TPSA) is 17.1 Å². The zero-order valence-corrected chi connectivity index (χ0v) is 17.1. The fourth-order valence-electron chi connectivity index (χ4n) is 3.60. The van der Waals surface area contributed by atoms with Gasteiger partial charge in [-0.1, -0.05) is 52.4 Å². The average Bonchev–Trinajstić information content (AvgIpc) is 2.65. The Labute approximate surface area is 168 Å². The standard InChI is InChI=1S/C23H15IOS/c1-13-2-5-21-19(6-13)23(25)20-10-17-9-16-7-14(12-24)3-4-15(16)8-18(17)11-22(20)26-21/h2-11H,12H2,1H3. The molecule has 5 aromatic rings. The lowest BCUT2D eigenvalue weighted by Crippen LogP contribution is -2.01. The van der Waals surface area contributed by atoms with E-state index in [1.165, 1.54) is 21.7 Å². The van der Waals surface area contributed by atoms with Crippen molar-refractivity contribution >= 4 is 75.6 Å².